The van der Waals surface area contributed by atoms with Crippen molar-refractivity contribution in [2.75, 3.05) is 0 Å². The number of hydrogen-bond acceptors (Lipinski definition) is 6. The number of carbonyl (C=O) groups excluding carboxylic acids is 4. The number of ether oxygens (including phenoxy) is 2. The van der Waals surface area contributed by atoms with Crippen molar-refractivity contribution < 1.29 is 28.7 Å². The molecular weight excluding hydrogens is 773 g/mol. The van der Waals surface area contributed by atoms with Gasteiger partial charge in [0.25, 0.3) is 0 Å². The first-order chi connectivity index (χ1) is 28.8. The highest BCUT2D eigenvalue weighted by Crippen LogP contribution is 2.76. The van der Waals surface area contributed by atoms with Crippen LogP contribution >= 0.6 is 0 Å². The fourth-order valence-electron chi connectivity index (χ4n) is 16.0. The molecule has 7 aliphatic rings. The molecule has 10 atom stereocenters. The summed E-state index contributed by atoms with van der Waals surface area (Å²) in [6.45, 7) is 26.8. The summed E-state index contributed by atoms with van der Waals surface area (Å²) in [4.78, 5) is 56.4. The van der Waals surface area contributed by atoms with Crippen molar-refractivity contribution in [1.29, 1.82) is 0 Å². The van der Waals surface area contributed by atoms with Gasteiger partial charge < -0.3 is 20.1 Å². The lowest BCUT2D eigenvalue weighted by Gasteiger charge is -2.72. The maximum Gasteiger partial charge on any atom is 0.408 e. The molecule has 0 radical (unpaired) electrons. The van der Waals surface area contributed by atoms with Crippen molar-refractivity contribution in [2.45, 2.75) is 202 Å². The Hall–Kier alpha value is -3.16. The van der Waals surface area contributed by atoms with E-state index < -0.39 is 22.8 Å². The van der Waals surface area contributed by atoms with Crippen molar-refractivity contribution in [3.05, 3.63) is 47.0 Å². The van der Waals surface area contributed by atoms with Gasteiger partial charge in [-0.3, -0.25) is 14.4 Å². The van der Waals surface area contributed by atoms with E-state index in [0.29, 0.717) is 37.0 Å². The third-order valence-corrected chi connectivity index (χ3v) is 19.7. The number of allylic oxidation sites excluding steroid dienone is 1. The summed E-state index contributed by atoms with van der Waals surface area (Å²) in [5.41, 5.74) is 0.833. The van der Waals surface area contributed by atoms with Crippen LogP contribution in [0.5, 0.6) is 0 Å². The molecule has 1 aromatic carbocycles. The Morgan fingerprint density at radius 2 is 1.45 bits per heavy atom. The monoisotopic (exact) mass is 853 g/mol. The van der Waals surface area contributed by atoms with Crippen LogP contribution in [-0.2, 0) is 30.3 Å². The quantitative estimate of drug-likeness (QED) is 0.252. The Morgan fingerprint density at radius 3 is 2.08 bits per heavy atom. The van der Waals surface area contributed by atoms with Crippen LogP contribution in [0.3, 0.4) is 0 Å². The highest BCUT2D eigenvalue weighted by atomic mass is 16.6. The topological polar surface area (TPSA) is 111 Å². The Balaban J connectivity index is 1.02. The van der Waals surface area contributed by atoms with Gasteiger partial charge in [0.1, 0.15) is 17.2 Å². The van der Waals surface area contributed by atoms with Crippen molar-refractivity contribution >= 4 is 23.8 Å². The third kappa shape index (κ3) is 7.02. The average Bonchev–Trinajstić information content (AvgIpc) is 3.76. The standard InChI is InChI=1S/C54H80N2O6/c1-33(2)42-38(57)32-54(55-45(59)53(24-16-17-25-53)56-46(60)62-47(3,4)5)29-28-51(11)36(43(42)54)20-21-40-50(10)26-23-41(49(8,9)39(50)22-27-52(40,51)12)61-44(58)37-31-35(48(37,6)7)30-34-18-14-13-15-19-34/h13-15,18-19,33,35-37,39-41H,16-17,20-32H2,1-12H3,(H,55,59)(H,56,60)/t35-,36-,37-,39+,40-,41+,50+,51-,52-,54-/m1/s1. The predicted octanol–water partition coefficient (Wildman–Crippen LogP) is 11.5. The molecule has 0 heterocycles. The van der Waals surface area contributed by atoms with Gasteiger partial charge >= 0.3 is 12.1 Å². The van der Waals surface area contributed by atoms with E-state index in [1.54, 1.807) is 0 Å². The van der Waals surface area contributed by atoms with E-state index in [9.17, 15) is 19.2 Å². The summed E-state index contributed by atoms with van der Waals surface area (Å²) < 4.78 is 12.4. The molecule has 2 N–H and O–H groups in total. The van der Waals surface area contributed by atoms with Gasteiger partial charge in [-0.25, -0.2) is 4.79 Å². The zero-order valence-corrected chi connectivity index (χ0v) is 40.5. The number of amides is 2. The number of carbonyl (C=O) groups is 4. The Labute approximate surface area is 373 Å². The first-order valence-electron chi connectivity index (χ1n) is 24.7. The maximum atomic E-state index is 14.8. The SMILES string of the molecule is CC(C)C1=C2[C@H]3CC[C@@H]4[C@@]5(C)CC[C@H](OC(=O)[C@H]6C[C@@H](Cc7ccccc7)C6(C)C)C(C)(C)[C@@H]5CC[C@@]4(C)[C@]3(C)CC[C@@]2(NC(=O)C2(NC(=O)OC(C)(C)C)CCCC2)CC1=O. The van der Waals surface area contributed by atoms with Gasteiger partial charge in [-0.15, -0.1) is 0 Å². The Morgan fingerprint density at radius 1 is 0.774 bits per heavy atom. The summed E-state index contributed by atoms with van der Waals surface area (Å²) in [6.07, 6.45) is 12.2. The van der Waals surface area contributed by atoms with Crippen LogP contribution in [0.15, 0.2) is 41.5 Å². The lowest BCUT2D eigenvalue weighted by molar-refractivity contribution is -0.235. The molecule has 0 aromatic heterocycles. The number of Topliss-reactive ketones (excluding diaryl/α,β-unsaturated/α-hetero) is 1. The van der Waals surface area contributed by atoms with Crippen LogP contribution < -0.4 is 10.6 Å². The molecule has 8 heteroatoms. The predicted molar refractivity (Wildman–Crippen MR) is 244 cm³/mol. The summed E-state index contributed by atoms with van der Waals surface area (Å²) in [6, 6.07) is 10.7. The second-order valence-corrected chi connectivity index (χ2v) is 24.9. The van der Waals surface area contributed by atoms with Crippen LogP contribution in [0.4, 0.5) is 4.79 Å². The minimum Gasteiger partial charge on any atom is -0.462 e. The lowest BCUT2D eigenvalue weighted by atomic mass is 9.33. The van der Waals surface area contributed by atoms with Gasteiger partial charge in [0.05, 0.1) is 11.5 Å². The zero-order chi connectivity index (χ0) is 45.1. The molecule has 8 nitrogen and oxygen atoms in total. The van der Waals surface area contributed by atoms with Crippen molar-refractivity contribution in [3.63, 3.8) is 0 Å². The highest BCUT2D eigenvalue weighted by molar-refractivity contribution is 6.03. The van der Waals surface area contributed by atoms with E-state index in [2.05, 4.69) is 103 Å². The fourth-order valence-corrected chi connectivity index (χ4v) is 16.0. The fraction of sp³-hybridized carbons (Fsp3) is 0.778. The molecule has 0 unspecified atom stereocenters. The Bertz CT molecular complexity index is 1990. The molecule has 342 valence electrons. The van der Waals surface area contributed by atoms with Gasteiger partial charge in [0.15, 0.2) is 5.78 Å². The molecule has 2 amide bonds. The number of esters is 1. The van der Waals surface area contributed by atoms with Crippen LogP contribution in [-0.4, -0.2) is 46.5 Å². The molecule has 6 saturated carbocycles. The molecule has 8 rings (SSSR count). The minimum atomic E-state index is -1.05. The summed E-state index contributed by atoms with van der Waals surface area (Å²) in [5.74, 6) is 1.59. The number of rotatable bonds is 8. The number of ketones is 1. The number of nitrogens with one attached hydrogen (secondary N) is 2. The van der Waals surface area contributed by atoms with Gasteiger partial charge in [-0.05, 0) is 166 Å². The molecule has 0 bridgehead atoms. The minimum absolute atomic E-state index is 0.00672. The third-order valence-electron chi connectivity index (χ3n) is 19.7. The average molecular weight is 853 g/mol. The van der Waals surface area contributed by atoms with Gasteiger partial charge in [0, 0.05) is 11.8 Å². The number of fused-ring (bicyclic) bond motifs is 7. The molecule has 0 spiro atoms. The highest BCUT2D eigenvalue weighted by Gasteiger charge is 2.71. The second kappa shape index (κ2) is 15.2. The van der Waals surface area contributed by atoms with Crippen molar-refractivity contribution in [2.24, 2.45) is 62.6 Å². The van der Waals surface area contributed by atoms with Gasteiger partial charge in [0.2, 0.25) is 5.91 Å². The normalized spacial score (nSPS) is 39.1. The number of hydrogen-bond donors (Lipinski definition) is 2. The van der Waals surface area contributed by atoms with E-state index in [1.165, 1.54) is 11.1 Å². The first-order valence-corrected chi connectivity index (χ1v) is 24.7. The molecule has 1 aromatic rings. The lowest BCUT2D eigenvalue weighted by Crippen LogP contribution is -2.68. The number of benzene rings is 1. The smallest absolute Gasteiger partial charge is 0.408 e. The molecule has 6 fully saturated rings. The molecule has 7 aliphatic carbocycles. The van der Waals surface area contributed by atoms with Gasteiger partial charge in [-0.1, -0.05) is 105 Å². The molecule has 62 heavy (non-hydrogen) atoms. The van der Waals surface area contributed by atoms with Crippen LogP contribution in [0.25, 0.3) is 0 Å². The van der Waals surface area contributed by atoms with E-state index in [0.717, 1.165) is 82.6 Å². The molecular formula is C54H80N2O6. The first kappa shape index (κ1) is 45.4. The molecule has 0 aliphatic heterocycles. The summed E-state index contributed by atoms with van der Waals surface area (Å²) in [7, 11) is 0. The van der Waals surface area contributed by atoms with Crippen LogP contribution in [0.1, 0.15) is 179 Å². The number of alkyl carbamates (subject to hydrolysis) is 1. The summed E-state index contributed by atoms with van der Waals surface area (Å²) in [5, 5.41) is 6.62. The summed E-state index contributed by atoms with van der Waals surface area (Å²) >= 11 is 0. The van der Waals surface area contributed by atoms with E-state index in [-0.39, 0.29) is 68.6 Å². The van der Waals surface area contributed by atoms with E-state index in [1.807, 2.05) is 20.8 Å². The Kier molecular flexibility index (Phi) is 11.1. The van der Waals surface area contributed by atoms with Crippen LogP contribution in [0.2, 0.25) is 0 Å². The maximum absolute atomic E-state index is 14.8. The van der Waals surface area contributed by atoms with E-state index in [4.69, 9.17) is 9.47 Å². The molecule has 0 saturated heterocycles. The van der Waals surface area contributed by atoms with Gasteiger partial charge in [-0.2, -0.15) is 0 Å². The zero-order valence-electron chi connectivity index (χ0n) is 40.5. The van der Waals surface area contributed by atoms with Crippen LogP contribution in [0, 0.1) is 62.6 Å². The second-order valence-electron chi connectivity index (χ2n) is 24.9. The van der Waals surface area contributed by atoms with Crippen molar-refractivity contribution in [1.82, 2.24) is 10.6 Å². The largest absolute Gasteiger partial charge is 0.462 e. The van der Waals surface area contributed by atoms with Crippen molar-refractivity contribution in [3.8, 4) is 0 Å². The van der Waals surface area contributed by atoms with E-state index >= 15 is 0 Å².